The van der Waals surface area contributed by atoms with Crippen molar-refractivity contribution in [1.29, 1.82) is 0 Å². The fourth-order valence-corrected chi connectivity index (χ4v) is 5.91. The van der Waals surface area contributed by atoms with E-state index in [-0.39, 0.29) is 6.10 Å². The summed E-state index contributed by atoms with van der Waals surface area (Å²) in [5, 5.41) is 2.83. The van der Waals surface area contributed by atoms with Crippen LogP contribution in [0.15, 0.2) is 59.5 Å². The highest BCUT2D eigenvalue weighted by molar-refractivity contribution is 8.56. The van der Waals surface area contributed by atoms with E-state index in [1.807, 2.05) is 37.3 Å². The molecule has 2 rings (SSSR count). The van der Waals surface area contributed by atoms with Gasteiger partial charge in [-0.05, 0) is 63.3 Å². The molecule has 0 bridgehead atoms. The molecule has 0 aliphatic carbocycles. The third kappa shape index (κ3) is 6.52. The zero-order chi connectivity index (χ0) is 19.2. The Hall–Kier alpha value is -1.75. The van der Waals surface area contributed by atoms with E-state index < -0.39 is 18.7 Å². The predicted octanol–water partition coefficient (Wildman–Crippen LogP) is 5.20. The fraction of sp³-hybridized carbons (Fsp3) is 0.316. The zero-order valence-electron chi connectivity index (χ0n) is 15.3. The normalized spacial score (nSPS) is 14.5. The largest absolute Gasteiger partial charge is 0.462 e. The van der Waals surface area contributed by atoms with Crippen molar-refractivity contribution < 1.29 is 18.6 Å². The van der Waals surface area contributed by atoms with Crippen molar-refractivity contribution in [2.45, 2.75) is 44.7 Å². The third-order valence-electron chi connectivity index (χ3n) is 3.27. The minimum Gasteiger partial charge on any atom is -0.462 e. The number of aryl methyl sites for hydroxylation is 1. The smallest absolute Gasteiger partial charge is 0.379 e. The molecule has 0 radical (unpaired) electrons. The van der Waals surface area contributed by atoms with Gasteiger partial charge < -0.3 is 9.26 Å². The van der Waals surface area contributed by atoms with Crippen molar-refractivity contribution in [1.82, 2.24) is 5.09 Å². The quantitative estimate of drug-likeness (QED) is 0.491. The molecule has 0 fully saturated rings. The van der Waals surface area contributed by atoms with Gasteiger partial charge in [-0.2, -0.15) is 0 Å². The Bertz CT molecular complexity index is 765. The van der Waals surface area contributed by atoms with Gasteiger partial charge in [-0.1, -0.05) is 35.9 Å². The molecule has 0 spiro atoms. The number of hydrogen-bond donors (Lipinski definition) is 1. The fourth-order valence-electron chi connectivity index (χ4n) is 2.05. The van der Waals surface area contributed by atoms with Crippen LogP contribution in [0.3, 0.4) is 0 Å². The molecular weight excluding hydrogens is 369 g/mol. The number of hydrogen-bond acceptors (Lipinski definition) is 5. The minimum atomic E-state index is -3.47. The molecule has 0 saturated heterocycles. The topological polar surface area (TPSA) is 64.6 Å². The van der Waals surface area contributed by atoms with Crippen LogP contribution in [0.25, 0.3) is 0 Å². The molecule has 26 heavy (non-hydrogen) atoms. The highest BCUT2D eigenvalue weighted by atomic mass is 32.7. The Morgan fingerprint density at radius 2 is 1.65 bits per heavy atom. The average Bonchev–Trinajstić information content (AvgIpc) is 2.57. The number of carbonyl (C=O) groups excluding carboxylic acids is 1. The van der Waals surface area contributed by atoms with Crippen LogP contribution in [0.2, 0.25) is 0 Å². The second-order valence-corrected chi connectivity index (χ2v) is 10.2. The van der Waals surface area contributed by atoms with E-state index in [2.05, 4.69) is 5.09 Å². The van der Waals surface area contributed by atoms with Gasteiger partial charge in [-0.25, -0.2) is 9.65 Å². The summed E-state index contributed by atoms with van der Waals surface area (Å²) in [5.41, 5.74) is 1.11. The SMILES string of the molecule is Cc1ccc(S[P@@](=O)(N[C@H](C)C(=O)OC(C)C)Oc2ccccc2)cc1. The number of ether oxygens (including phenoxy) is 1. The Labute approximate surface area is 158 Å². The molecule has 0 saturated carbocycles. The van der Waals surface area contributed by atoms with E-state index in [0.29, 0.717) is 5.75 Å². The summed E-state index contributed by atoms with van der Waals surface area (Å²) in [6, 6.07) is 15.7. The first kappa shape index (κ1) is 20.6. The van der Waals surface area contributed by atoms with Gasteiger partial charge in [0, 0.05) is 4.90 Å². The van der Waals surface area contributed by atoms with E-state index in [0.717, 1.165) is 21.8 Å². The molecule has 140 valence electrons. The highest BCUT2D eigenvalue weighted by Crippen LogP contribution is 2.59. The first-order valence-corrected chi connectivity index (χ1v) is 11.4. The summed E-state index contributed by atoms with van der Waals surface area (Å²) in [6.45, 7) is 3.67. The molecule has 0 heterocycles. The molecular formula is C19H24NO4PS. The number of benzene rings is 2. The molecule has 0 amide bonds. The lowest BCUT2D eigenvalue weighted by Gasteiger charge is -2.23. The van der Waals surface area contributed by atoms with Crippen molar-refractivity contribution in [3.8, 4) is 5.75 Å². The molecule has 0 aliphatic heterocycles. The second kappa shape index (κ2) is 9.26. The lowest BCUT2D eigenvalue weighted by molar-refractivity contribution is -0.148. The standard InChI is InChI=1S/C19H24NO4PS/c1-14(2)23-19(21)16(4)20-25(22,24-17-8-6-5-7-9-17)26-18-12-10-15(3)11-13-18/h5-14,16H,1-4H3,(H,20,22)/t16-,25-/m1/s1. The highest BCUT2D eigenvalue weighted by Gasteiger charge is 2.32. The third-order valence-corrected chi connectivity index (χ3v) is 7.04. The number of nitrogens with one attached hydrogen (secondary N) is 1. The van der Waals surface area contributed by atoms with Gasteiger partial charge in [0.2, 0.25) is 0 Å². The Morgan fingerprint density at radius 3 is 2.23 bits per heavy atom. The van der Waals surface area contributed by atoms with E-state index in [1.54, 1.807) is 45.0 Å². The summed E-state index contributed by atoms with van der Waals surface area (Å²) in [6.07, 6.45) is -0.245. The second-order valence-electron chi connectivity index (χ2n) is 6.14. The summed E-state index contributed by atoms with van der Waals surface area (Å²) >= 11 is 1.07. The molecule has 0 unspecified atom stereocenters. The molecule has 2 atom stereocenters. The molecule has 7 heteroatoms. The average molecular weight is 393 g/mol. The Kier molecular flexibility index (Phi) is 7.33. The van der Waals surface area contributed by atoms with Gasteiger partial charge in [0.25, 0.3) is 0 Å². The maximum atomic E-state index is 13.5. The maximum Gasteiger partial charge on any atom is 0.379 e. The van der Waals surface area contributed by atoms with Crippen molar-refractivity contribution >= 4 is 24.1 Å². The van der Waals surface area contributed by atoms with Crippen molar-refractivity contribution in [2.75, 3.05) is 0 Å². The molecule has 0 aliphatic rings. The van der Waals surface area contributed by atoms with Gasteiger partial charge in [-0.3, -0.25) is 4.79 Å². The van der Waals surface area contributed by atoms with Crippen LogP contribution in [0.4, 0.5) is 0 Å². The van der Waals surface area contributed by atoms with Crippen LogP contribution in [-0.2, 0) is 14.1 Å². The first-order valence-electron chi connectivity index (χ1n) is 8.36. The van der Waals surface area contributed by atoms with Gasteiger partial charge in [-0.15, -0.1) is 0 Å². The number of esters is 1. The zero-order valence-corrected chi connectivity index (χ0v) is 17.1. The van der Waals surface area contributed by atoms with Crippen LogP contribution in [0.1, 0.15) is 26.3 Å². The maximum absolute atomic E-state index is 13.5. The minimum absolute atomic E-state index is 0.245. The van der Waals surface area contributed by atoms with Crippen molar-refractivity contribution in [3.05, 3.63) is 60.2 Å². The summed E-state index contributed by atoms with van der Waals surface area (Å²) < 4.78 is 24.4. The number of para-hydroxylation sites is 1. The number of rotatable bonds is 8. The van der Waals surface area contributed by atoms with Crippen molar-refractivity contribution in [3.63, 3.8) is 0 Å². The molecule has 2 aromatic carbocycles. The van der Waals surface area contributed by atoms with E-state index in [9.17, 15) is 9.36 Å². The molecule has 2 aromatic rings. The molecule has 1 N–H and O–H groups in total. The Balaban J connectivity index is 2.21. The van der Waals surface area contributed by atoms with Gasteiger partial charge >= 0.3 is 12.7 Å². The van der Waals surface area contributed by atoms with Crippen LogP contribution in [0.5, 0.6) is 5.75 Å². The van der Waals surface area contributed by atoms with E-state index >= 15 is 0 Å². The van der Waals surface area contributed by atoms with Gasteiger partial charge in [0.1, 0.15) is 11.8 Å². The van der Waals surface area contributed by atoms with Gasteiger partial charge in [0.05, 0.1) is 6.10 Å². The van der Waals surface area contributed by atoms with Crippen LogP contribution in [-0.4, -0.2) is 18.1 Å². The first-order chi connectivity index (χ1) is 12.3. The van der Waals surface area contributed by atoms with Crippen LogP contribution < -0.4 is 9.61 Å². The lowest BCUT2D eigenvalue weighted by Crippen LogP contribution is -2.35. The Morgan fingerprint density at radius 1 is 1.04 bits per heavy atom. The van der Waals surface area contributed by atoms with Gasteiger partial charge in [0.15, 0.2) is 0 Å². The monoisotopic (exact) mass is 393 g/mol. The lowest BCUT2D eigenvalue weighted by atomic mass is 10.2. The number of carbonyl (C=O) groups is 1. The van der Waals surface area contributed by atoms with E-state index in [4.69, 9.17) is 9.26 Å². The predicted molar refractivity (Wildman–Crippen MR) is 106 cm³/mol. The summed E-state index contributed by atoms with van der Waals surface area (Å²) in [7, 11) is 0. The molecule has 0 aromatic heterocycles. The molecule has 5 nitrogen and oxygen atoms in total. The van der Waals surface area contributed by atoms with Crippen LogP contribution in [0, 0.1) is 6.92 Å². The van der Waals surface area contributed by atoms with Crippen LogP contribution >= 0.6 is 18.1 Å². The summed E-state index contributed by atoms with van der Waals surface area (Å²) in [4.78, 5) is 12.9. The van der Waals surface area contributed by atoms with E-state index in [1.165, 1.54) is 0 Å². The van der Waals surface area contributed by atoms with Crippen molar-refractivity contribution in [2.24, 2.45) is 0 Å². The summed E-state index contributed by atoms with van der Waals surface area (Å²) in [5.74, 6) is -0.00577.